The van der Waals surface area contributed by atoms with Crippen LogP contribution >= 0.6 is 11.9 Å². The van der Waals surface area contributed by atoms with Gasteiger partial charge in [-0.05, 0) is 36.8 Å². The van der Waals surface area contributed by atoms with Crippen LogP contribution in [0, 0.1) is 23.8 Å². The van der Waals surface area contributed by atoms with Gasteiger partial charge in [0.1, 0.15) is 6.10 Å². The van der Waals surface area contributed by atoms with E-state index >= 15 is 0 Å². The molecule has 0 bridgehead atoms. The van der Waals surface area contributed by atoms with Gasteiger partial charge >= 0.3 is 0 Å². The van der Waals surface area contributed by atoms with Gasteiger partial charge in [0.2, 0.25) is 12.5 Å². The first-order valence-corrected chi connectivity index (χ1v) is 10.4. The number of benzene rings is 1. The molecule has 3 aliphatic rings. The summed E-state index contributed by atoms with van der Waals surface area (Å²) in [7, 11) is 0. The van der Waals surface area contributed by atoms with Crippen molar-refractivity contribution in [1.82, 2.24) is 9.21 Å². The first-order valence-electron chi connectivity index (χ1n) is 9.66. The molecule has 152 valence electrons. The van der Waals surface area contributed by atoms with Crippen molar-refractivity contribution < 1.29 is 19.7 Å². The van der Waals surface area contributed by atoms with Crippen molar-refractivity contribution in [2.24, 2.45) is 0 Å². The Balaban J connectivity index is 1.85. The van der Waals surface area contributed by atoms with Crippen LogP contribution in [0.3, 0.4) is 0 Å². The molecule has 1 aromatic carbocycles. The number of nitriles is 1. The normalized spacial score (nSPS) is 21.8. The summed E-state index contributed by atoms with van der Waals surface area (Å²) < 4.78 is 13.6. The molecule has 3 aliphatic heterocycles. The van der Waals surface area contributed by atoms with Crippen LogP contribution < -0.4 is 9.47 Å². The van der Waals surface area contributed by atoms with Gasteiger partial charge in [0.15, 0.2) is 17.7 Å². The van der Waals surface area contributed by atoms with E-state index < -0.39 is 12.1 Å². The molecular formula is C21H23N3O4S. The molecule has 0 spiro atoms. The minimum Gasteiger partial charge on any atom is -0.504 e. The molecule has 29 heavy (non-hydrogen) atoms. The van der Waals surface area contributed by atoms with E-state index in [4.69, 9.17) is 15.9 Å². The Morgan fingerprint density at radius 1 is 1.24 bits per heavy atom. The maximum absolute atomic E-state index is 11.0. The molecule has 2 N–H and O–H groups in total. The van der Waals surface area contributed by atoms with Gasteiger partial charge in [0, 0.05) is 30.8 Å². The Labute approximate surface area is 174 Å². The lowest BCUT2D eigenvalue weighted by atomic mass is 9.86. The highest BCUT2D eigenvalue weighted by molar-refractivity contribution is 7.97. The summed E-state index contributed by atoms with van der Waals surface area (Å²) in [6.45, 7) is 6.10. The van der Waals surface area contributed by atoms with Crippen LogP contribution in [-0.4, -0.2) is 51.9 Å². The van der Waals surface area contributed by atoms with Crippen molar-refractivity contribution in [3.63, 3.8) is 0 Å². The van der Waals surface area contributed by atoms with Crippen molar-refractivity contribution in [1.29, 1.82) is 5.26 Å². The van der Waals surface area contributed by atoms with Gasteiger partial charge in [-0.1, -0.05) is 18.9 Å². The van der Waals surface area contributed by atoms with Crippen LogP contribution in [0.25, 0.3) is 0 Å². The van der Waals surface area contributed by atoms with Crippen molar-refractivity contribution >= 4 is 11.9 Å². The maximum atomic E-state index is 11.0. The molecule has 0 amide bonds. The van der Waals surface area contributed by atoms with E-state index in [1.807, 2.05) is 0 Å². The molecule has 2 unspecified atom stereocenters. The number of piperidine rings is 1. The molecule has 3 heterocycles. The van der Waals surface area contributed by atoms with Crippen molar-refractivity contribution in [2.75, 3.05) is 26.4 Å². The Hall–Kier alpha value is -2.52. The Kier molecular flexibility index (Phi) is 5.51. The van der Waals surface area contributed by atoms with E-state index in [1.165, 1.54) is 11.3 Å². The first kappa shape index (κ1) is 19.8. The predicted octanol–water partition coefficient (Wildman–Crippen LogP) is 2.54. The zero-order valence-corrected chi connectivity index (χ0v) is 16.9. The third-order valence-corrected chi connectivity index (χ3v) is 6.87. The summed E-state index contributed by atoms with van der Waals surface area (Å²) in [5, 5.41) is 31.5. The maximum Gasteiger partial charge on any atom is 0.231 e. The van der Waals surface area contributed by atoms with Crippen LogP contribution in [0.4, 0.5) is 0 Å². The SMILES string of the molecule is C#CC(=C)C(O)C1c2c(O)c3c(c(SN4CCCCC4)c2CCN1C#N)OCO3. The molecular weight excluding hydrogens is 390 g/mol. The van der Waals surface area contributed by atoms with Crippen molar-refractivity contribution in [2.45, 2.75) is 42.7 Å². The highest BCUT2D eigenvalue weighted by Gasteiger charge is 2.41. The van der Waals surface area contributed by atoms with Crippen LogP contribution in [0.5, 0.6) is 17.2 Å². The smallest absolute Gasteiger partial charge is 0.231 e. The third kappa shape index (κ3) is 3.38. The summed E-state index contributed by atoms with van der Waals surface area (Å²) in [5.74, 6) is 3.04. The Bertz CT molecular complexity index is 914. The molecule has 4 rings (SSSR count). The van der Waals surface area contributed by atoms with E-state index in [0.29, 0.717) is 24.3 Å². The number of nitrogens with zero attached hydrogens (tertiary/aromatic N) is 3. The van der Waals surface area contributed by atoms with E-state index in [0.717, 1.165) is 36.4 Å². The Morgan fingerprint density at radius 2 is 1.97 bits per heavy atom. The molecule has 0 saturated carbocycles. The molecule has 8 heteroatoms. The van der Waals surface area contributed by atoms with Gasteiger partial charge in [-0.25, -0.2) is 4.31 Å². The van der Waals surface area contributed by atoms with E-state index in [-0.39, 0.29) is 23.9 Å². The lowest BCUT2D eigenvalue weighted by Gasteiger charge is -2.38. The molecule has 1 aromatic rings. The summed E-state index contributed by atoms with van der Waals surface area (Å²) in [6.07, 6.45) is 10.4. The van der Waals surface area contributed by atoms with Crippen LogP contribution in [0.15, 0.2) is 17.0 Å². The zero-order chi connectivity index (χ0) is 20.5. The van der Waals surface area contributed by atoms with Gasteiger partial charge in [0.05, 0.1) is 10.9 Å². The number of phenolic OH excluding ortho intramolecular Hbond substituents is 1. The fraction of sp³-hybridized carbons (Fsp3) is 0.476. The fourth-order valence-electron chi connectivity index (χ4n) is 4.14. The lowest BCUT2D eigenvalue weighted by molar-refractivity contribution is 0.0995. The summed E-state index contributed by atoms with van der Waals surface area (Å²) in [4.78, 5) is 2.32. The van der Waals surface area contributed by atoms with Crippen molar-refractivity contribution in [3.05, 3.63) is 23.3 Å². The predicted molar refractivity (Wildman–Crippen MR) is 108 cm³/mol. The molecule has 1 saturated heterocycles. The molecule has 0 aromatic heterocycles. The van der Waals surface area contributed by atoms with Gasteiger partial charge in [-0.2, -0.15) is 5.26 Å². The molecule has 2 atom stereocenters. The summed E-state index contributed by atoms with van der Waals surface area (Å²) in [6, 6.07) is -0.831. The number of terminal acetylenes is 1. The topological polar surface area (TPSA) is 89.2 Å². The second-order valence-corrected chi connectivity index (χ2v) is 8.43. The molecule has 0 radical (unpaired) electrons. The Morgan fingerprint density at radius 3 is 2.66 bits per heavy atom. The average Bonchev–Trinajstić information content (AvgIpc) is 3.25. The summed E-state index contributed by atoms with van der Waals surface area (Å²) in [5.41, 5.74) is 1.48. The van der Waals surface area contributed by atoms with Crippen LogP contribution in [0.2, 0.25) is 0 Å². The summed E-state index contributed by atoms with van der Waals surface area (Å²) >= 11 is 1.60. The molecule has 7 nitrogen and oxygen atoms in total. The van der Waals surface area contributed by atoms with Crippen LogP contribution in [0.1, 0.15) is 36.4 Å². The number of aliphatic hydroxyl groups is 1. The highest BCUT2D eigenvalue weighted by atomic mass is 32.2. The van der Waals surface area contributed by atoms with Gasteiger partial charge in [-0.3, -0.25) is 4.90 Å². The number of ether oxygens (including phenoxy) is 2. The van der Waals surface area contributed by atoms with E-state index in [2.05, 4.69) is 23.0 Å². The monoisotopic (exact) mass is 413 g/mol. The largest absolute Gasteiger partial charge is 0.504 e. The molecule has 1 fully saturated rings. The van der Waals surface area contributed by atoms with Crippen molar-refractivity contribution in [3.8, 4) is 35.8 Å². The second-order valence-electron chi connectivity index (χ2n) is 7.32. The minimum atomic E-state index is -1.20. The highest BCUT2D eigenvalue weighted by Crippen LogP contribution is 2.55. The van der Waals surface area contributed by atoms with E-state index in [9.17, 15) is 15.5 Å². The van der Waals surface area contributed by atoms with Gasteiger partial charge in [0.25, 0.3) is 0 Å². The van der Waals surface area contributed by atoms with Gasteiger partial charge in [-0.15, -0.1) is 6.42 Å². The zero-order valence-electron chi connectivity index (χ0n) is 16.1. The average molecular weight is 413 g/mol. The number of hydrogen-bond acceptors (Lipinski definition) is 8. The number of hydrogen-bond donors (Lipinski definition) is 2. The van der Waals surface area contributed by atoms with Crippen LogP contribution in [-0.2, 0) is 6.42 Å². The minimum absolute atomic E-state index is 0.0194. The second kappa shape index (κ2) is 8.08. The first-order chi connectivity index (χ1) is 14.1. The number of phenols is 1. The lowest BCUT2D eigenvalue weighted by Crippen LogP contribution is -2.39. The van der Waals surface area contributed by atoms with Gasteiger partial charge < -0.3 is 19.7 Å². The molecule has 0 aliphatic carbocycles. The number of aliphatic hydroxyl groups excluding tert-OH is 1. The standard InChI is InChI=1S/C21H23N3O4S/c1-3-13(2)17(25)16-15-14(7-10-23(16)11-22)21(29-24-8-5-4-6-9-24)20-19(18(15)26)27-12-28-20/h1,16-17,25-26H,2,4-10,12H2. The third-order valence-electron chi connectivity index (χ3n) is 5.63. The number of fused-ring (bicyclic) bond motifs is 2. The fourth-order valence-corrected chi connectivity index (χ4v) is 5.40. The quantitative estimate of drug-likeness (QED) is 0.442. The number of rotatable bonds is 4. The van der Waals surface area contributed by atoms with E-state index in [1.54, 1.807) is 11.9 Å². The number of aromatic hydroxyl groups is 1.